The third-order valence-corrected chi connectivity index (χ3v) is 0.894. The molecule has 0 aliphatic heterocycles. The van der Waals surface area contributed by atoms with Gasteiger partial charge in [0.15, 0.2) is 0 Å². The van der Waals surface area contributed by atoms with E-state index in [1.54, 1.807) is 0 Å². The predicted molar refractivity (Wildman–Crippen MR) is 94.7 cm³/mol. The van der Waals surface area contributed by atoms with Crippen molar-refractivity contribution in [3.8, 4) is 0 Å². The third kappa shape index (κ3) is 275. The Morgan fingerprint density at radius 1 is 0.550 bits per heavy atom. The van der Waals surface area contributed by atoms with Crippen molar-refractivity contribution < 1.29 is 21.1 Å². The van der Waals surface area contributed by atoms with Crippen LogP contribution < -0.4 is 0 Å². The molecule has 0 aliphatic carbocycles. The Kier molecular flexibility index (Phi) is 79.3. The molecule has 0 aliphatic rings. The zero-order valence-corrected chi connectivity index (χ0v) is 17.7. The van der Waals surface area contributed by atoms with Gasteiger partial charge in [0.25, 0.3) is 0 Å². The molecule has 0 saturated carbocycles. The van der Waals surface area contributed by atoms with E-state index < -0.39 is 0 Å². The average molecular weight is 370 g/mol. The number of nitrogens with two attached hydrogens (primary N) is 1. The second-order valence-electron chi connectivity index (χ2n) is 4.71. The molecule has 0 spiro atoms. The maximum absolute atomic E-state index is 3.97. The average Bonchev–Trinajstić information content (AvgIpc) is 2.19. The molecule has 0 bridgehead atoms. The fraction of sp³-hybridized carbons (Fsp3) is 0.875. The van der Waals surface area contributed by atoms with Crippen molar-refractivity contribution in [3.63, 3.8) is 0 Å². The summed E-state index contributed by atoms with van der Waals surface area (Å²) in [4.78, 5) is 0. The smallest absolute Gasteiger partial charge is 0 e. The molecule has 0 aromatic heterocycles. The van der Waals surface area contributed by atoms with E-state index >= 15 is 0 Å². The quantitative estimate of drug-likeness (QED) is 0.388. The fourth-order valence-corrected chi connectivity index (χ4v) is 0.447. The second-order valence-corrected chi connectivity index (χ2v) is 4.71. The van der Waals surface area contributed by atoms with Crippen LogP contribution in [0, 0.1) is 11.8 Å². The van der Waals surface area contributed by atoms with Crippen LogP contribution in [0.4, 0.5) is 0 Å². The van der Waals surface area contributed by atoms with E-state index in [2.05, 4.69) is 52.2 Å². The van der Waals surface area contributed by atoms with Crippen LogP contribution in [0.3, 0.4) is 0 Å². The largest absolute Gasteiger partial charge is 0.693 e. The Labute approximate surface area is 145 Å². The van der Waals surface area contributed by atoms with Crippen molar-refractivity contribution >= 4 is 0 Å². The topological polar surface area (TPSA) is 61.7 Å². The van der Waals surface area contributed by atoms with Crippen LogP contribution in [0.15, 0.2) is 0 Å². The van der Waals surface area contributed by atoms with Crippen LogP contribution in [0.25, 0.3) is 16.8 Å². The van der Waals surface area contributed by atoms with Crippen molar-refractivity contribution in [1.82, 2.24) is 0 Å². The summed E-state index contributed by atoms with van der Waals surface area (Å²) in [6.07, 6.45) is 0. The van der Waals surface area contributed by atoms with Gasteiger partial charge in [-0.3, -0.25) is 0 Å². The molecule has 0 amide bonds. The molecule has 0 aromatic carbocycles. The van der Waals surface area contributed by atoms with Gasteiger partial charge in [-0.05, 0) is 0 Å². The van der Waals surface area contributed by atoms with Gasteiger partial charge in [-0.25, -0.2) is 0 Å². The Morgan fingerprint density at radius 2 is 0.650 bits per heavy atom. The van der Waals surface area contributed by atoms with Crippen LogP contribution in [0.1, 0.15) is 69.2 Å². The van der Waals surface area contributed by atoms with Gasteiger partial charge < -0.3 is 28.6 Å². The summed E-state index contributed by atoms with van der Waals surface area (Å²) in [6, 6.07) is 0. The summed E-state index contributed by atoms with van der Waals surface area (Å²) in [7, 11) is 0. The van der Waals surface area contributed by atoms with Crippen molar-refractivity contribution in [2.75, 3.05) is 26.2 Å². The van der Waals surface area contributed by atoms with E-state index in [-0.39, 0.29) is 27.2 Å². The molecule has 3 nitrogen and oxygen atoms in total. The first-order chi connectivity index (χ1) is 8.29. The van der Waals surface area contributed by atoms with E-state index in [0.29, 0.717) is 0 Å². The van der Waals surface area contributed by atoms with Gasteiger partial charge in [0, 0.05) is 21.1 Å². The minimum atomic E-state index is 0. The first-order valence-corrected chi connectivity index (χ1v) is 7.09. The van der Waals surface area contributed by atoms with E-state index in [1.807, 2.05) is 27.7 Å². The number of rotatable bonds is 4. The molecule has 0 radical (unpaired) electrons. The predicted octanol–water partition coefficient (Wildman–Crippen LogP) is 6.76. The van der Waals surface area contributed by atoms with E-state index in [4.69, 9.17) is 0 Å². The molecule has 0 unspecified atom stereocenters. The zero-order chi connectivity index (χ0) is 15.4. The standard InChI is InChI=1S/2C4H10N.2C4H9.Mo.H2N/c2*1-3-5-4-2;2*1-4(2)3;;/h2*3-4H2,1-2H3;2*1-3H3;;1H2/q4*-1;;-1. The zero-order valence-electron chi connectivity index (χ0n) is 15.7. The number of hydrogen-bond donors (Lipinski definition) is 0. The molecule has 0 fully saturated rings. The SMILES string of the molecule is CC[N-]CC.CC[N-]CC.C[C-](C)C.C[C-](C)C.[Mo].[NH2-]. The monoisotopic (exact) mass is 372 g/mol. The van der Waals surface area contributed by atoms with Gasteiger partial charge in [0.05, 0.1) is 0 Å². The van der Waals surface area contributed by atoms with Crippen LogP contribution in [0.5, 0.6) is 0 Å². The molecule has 0 heterocycles. The second kappa shape index (κ2) is 42.7. The Bertz CT molecular complexity index is 78.2. The van der Waals surface area contributed by atoms with Gasteiger partial charge in [-0.15, -0.1) is 0 Å². The van der Waals surface area contributed by atoms with Gasteiger partial charge in [0.1, 0.15) is 0 Å². The van der Waals surface area contributed by atoms with Crippen molar-refractivity contribution in [2.45, 2.75) is 69.2 Å². The van der Waals surface area contributed by atoms with Crippen molar-refractivity contribution in [2.24, 2.45) is 0 Å². The Balaban J connectivity index is -0.0000000318. The summed E-state index contributed by atoms with van der Waals surface area (Å²) >= 11 is 0. The molecule has 0 saturated heterocycles. The molecule has 0 atom stereocenters. The Hall–Kier alpha value is 0.568. The molecule has 0 aromatic rings. The normalized spacial score (nSPS) is 7.80. The molecule has 0 rings (SSSR count). The first-order valence-electron chi connectivity index (χ1n) is 7.09. The van der Waals surface area contributed by atoms with Crippen LogP contribution >= 0.6 is 0 Å². The number of nitrogens with zero attached hydrogens (tertiary/aromatic N) is 2. The molecule has 2 N–H and O–H groups in total. The number of hydrogen-bond acceptors (Lipinski definition) is 0. The van der Waals surface area contributed by atoms with Crippen molar-refractivity contribution in [1.29, 1.82) is 0 Å². The van der Waals surface area contributed by atoms with Crippen molar-refractivity contribution in [3.05, 3.63) is 28.6 Å². The minimum absolute atomic E-state index is 0. The summed E-state index contributed by atoms with van der Waals surface area (Å²) in [5, 5.41) is 7.94. The summed E-state index contributed by atoms with van der Waals surface area (Å²) in [5.41, 5.74) is 0. The summed E-state index contributed by atoms with van der Waals surface area (Å²) in [6.45, 7) is 24.6. The maximum atomic E-state index is 3.97. The van der Waals surface area contributed by atoms with E-state index in [0.717, 1.165) is 26.2 Å². The van der Waals surface area contributed by atoms with Gasteiger partial charge in [-0.1, -0.05) is 27.7 Å². The van der Waals surface area contributed by atoms with E-state index in [1.165, 1.54) is 11.8 Å². The molecule has 4 heteroatoms. The fourth-order valence-electron chi connectivity index (χ4n) is 0.447. The van der Waals surface area contributed by atoms with Gasteiger partial charge in [-0.2, -0.15) is 67.7 Å². The molecule has 130 valence electrons. The summed E-state index contributed by atoms with van der Waals surface area (Å²) < 4.78 is 0. The van der Waals surface area contributed by atoms with E-state index in [9.17, 15) is 0 Å². The molecular weight excluding hydrogens is 330 g/mol. The van der Waals surface area contributed by atoms with Crippen LogP contribution in [-0.2, 0) is 21.1 Å². The Morgan fingerprint density at radius 3 is 0.650 bits per heavy atom. The van der Waals surface area contributed by atoms with Crippen LogP contribution in [-0.4, -0.2) is 26.2 Å². The molecule has 20 heavy (non-hydrogen) atoms. The first kappa shape index (κ1) is 37.1. The maximum Gasteiger partial charge on any atom is 0 e. The summed E-state index contributed by atoms with van der Waals surface area (Å²) in [5.74, 6) is 2.83. The van der Waals surface area contributed by atoms with Crippen LogP contribution in [0.2, 0.25) is 0 Å². The van der Waals surface area contributed by atoms with Gasteiger partial charge >= 0.3 is 0 Å². The van der Waals surface area contributed by atoms with Gasteiger partial charge in [0.2, 0.25) is 0 Å². The molecular formula is C16H40MoN3-5. The minimum Gasteiger partial charge on any atom is -0.693 e. The third-order valence-electron chi connectivity index (χ3n) is 0.894.